The van der Waals surface area contributed by atoms with Crippen molar-refractivity contribution in [3.05, 3.63) is 94.8 Å². The molecule has 0 spiro atoms. The van der Waals surface area contributed by atoms with E-state index in [1.807, 2.05) is 30.3 Å². The van der Waals surface area contributed by atoms with Crippen molar-refractivity contribution >= 4 is 39.1 Å². The van der Waals surface area contributed by atoms with Crippen LogP contribution < -0.4 is 14.4 Å². The number of carbonyl (C=O) groups excluding carboxylic acids is 2. The summed E-state index contributed by atoms with van der Waals surface area (Å²) >= 11 is 6.19. The number of benzene rings is 3. The van der Waals surface area contributed by atoms with Gasteiger partial charge in [-0.05, 0) is 54.3 Å². The highest BCUT2D eigenvalue weighted by Crippen LogP contribution is 2.33. The van der Waals surface area contributed by atoms with E-state index < -0.39 is 34.3 Å². The zero-order chi connectivity index (χ0) is 30.3. The third-order valence-corrected chi connectivity index (χ3v) is 8.69. The summed E-state index contributed by atoms with van der Waals surface area (Å²) in [6, 6.07) is 18.5. The van der Waals surface area contributed by atoms with E-state index in [0.717, 1.165) is 41.8 Å². The van der Waals surface area contributed by atoms with Crippen molar-refractivity contribution in [1.29, 1.82) is 0 Å². The topological polar surface area (TPSA) is 96.0 Å². The maximum atomic E-state index is 14.2. The van der Waals surface area contributed by atoms with E-state index in [0.29, 0.717) is 5.56 Å². The Hall–Kier alpha value is -3.63. The average Bonchev–Trinajstić information content (AvgIpc) is 3.47. The largest absolute Gasteiger partial charge is 0.495 e. The van der Waals surface area contributed by atoms with E-state index in [1.54, 1.807) is 18.2 Å². The Labute approximate surface area is 251 Å². The second kappa shape index (κ2) is 14.0. The molecule has 3 aromatic carbocycles. The fourth-order valence-corrected chi connectivity index (χ4v) is 6.17. The third kappa shape index (κ3) is 8.23. The molecule has 0 saturated heterocycles. The highest BCUT2D eigenvalue weighted by Gasteiger charge is 2.35. The van der Waals surface area contributed by atoms with Crippen LogP contribution in [0.2, 0.25) is 5.02 Å². The van der Waals surface area contributed by atoms with Gasteiger partial charge in [0.1, 0.15) is 24.2 Å². The highest BCUT2D eigenvalue weighted by molar-refractivity contribution is 7.92. The van der Waals surface area contributed by atoms with Crippen LogP contribution in [0.4, 0.5) is 10.1 Å². The van der Waals surface area contributed by atoms with Crippen LogP contribution in [-0.4, -0.2) is 57.1 Å². The molecule has 224 valence electrons. The first-order chi connectivity index (χ1) is 20.0. The third-order valence-electron chi connectivity index (χ3n) is 7.33. The van der Waals surface area contributed by atoms with E-state index in [4.69, 9.17) is 16.3 Å². The molecule has 3 aromatic rings. The summed E-state index contributed by atoms with van der Waals surface area (Å²) in [6.07, 6.45) is 4.91. The van der Waals surface area contributed by atoms with Gasteiger partial charge in [-0.25, -0.2) is 12.8 Å². The molecule has 1 aliphatic carbocycles. The first-order valence-electron chi connectivity index (χ1n) is 13.7. The van der Waals surface area contributed by atoms with Crippen LogP contribution in [0, 0.1) is 5.82 Å². The van der Waals surface area contributed by atoms with Crippen molar-refractivity contribution < 1.29 is 27.1 Å². The van der Waals surface area contributed by atoms with E-state index >= 15 is 0 Å². The standard InChI is InChI=1S/C31H35ClFN3O5S/c1-41-29-17-14-24(32)19-27(29)36(42(2,39)40)21-30(37)35(20-23-12-15-25(33)16-13-23)28(18-22-8-4-3-5-9-22)31(38)34-26-10-6-7-11-26/h3-5,8-9,12-17,19,26,28H,6-7,10-11,18,20-21H2,1-2H3,(H,34,38)/t28-/m1/s1. The van der Waals surface area contributed by atoms with Crippen LogP contribution in [0.25, 0.3) is 0 Å². The van der Waals surface area contributed by atoms with E-state index in [2.05, 4.69) is 5.32 Å². The number of ether oxygens (including phenoxy) is 1. The lowest BCUT2D eigenvalue weighted by atomic mass is 10.0. The Balaban J connectivity index is 1.75. The Morgan fingerprint density at radius 3 is 2.31 bits per heavy atom. The first kappa shape index (κ1) is 31.3. The smallest absolute Gasteiger partial charge is 0.244 e. The number of hydrogen-bond acceptors (Lipinski definition) is 5. The second-order valence-corrected chi connectivity index (χ2v) is 12.8. The maximum absolute atomic E-state index is 14.2. The van der Waals surface area contributed by atoms with Gasteiger partial charge in [0.25, 0.3) is 0 Å². The number of carbonyl (C=O) groups is 2. The minimum atomic E-state index is -4.00. The minimum absolute atomic E-state index is 0.00165. The molecule has 2 amide bonds. The Bertz CT molecular complexity index is 1480. The van der Waals surface area contributed by atoms with Gasteiger partial charge in [0, 0.05) is 24.0 Å². The predicted octanol–water partition coefficient (Wildman–Crippen LogP) is 4.95. The van der Waals surface area contributed by atoms with Crippen molar-refractivity contribution in [2.75, 3.05) is 24.2 Å². The van der Waals surface area contributed by atoms with Gasteiger partial charge < -0.3 is 15.0 Å². The average molecular weight is 616 g/mol. The SMILES string of the molecule is COc1ccc(Cl)cc1N(CC(=O)N(Cc1ccc(F)cc1)[C@H](Cc1ccccc1)C(=O)NC1CCCC1)S(C)(=O)=O. The Morgan fingerprint density at radius 2 is 1.69 bits per heavy atom. The number of hydrogen-bond donors (Lipinski definition) is 1. The molecule has 0 aliphatic heterocycles. The van der Waals surface area contributed by atoms with Crippen LogP contribution in [0.3, 0.4) is 0 Å². The van der Waals surface area contributed by atoms with Gasteiger partial charge in [-0.15, -0.1) is 0 Å². The number of halogens is 2. The summed E-state index contributed by atoms with van der Waals surface area (Å²) in [5, 5.41) is 3.37. The molecule has 1 atom stereocenters. The van der Waals surface area contributed by atoms with Crippen molar-refractivity contribution in [3.63, 3.8) is 0 Å². The summed E-state index contributed by atoms with van der Waals surface area (Å²) in [5.74, 6) is -1.17. The summed E-state index contributed by atoms with van der Waals surface area (Å²) < 4.78 is 46.1. The molecule has 1 fully saturated rings. The Morgan fingerprint density at radius 1 is 1.02 bits per heavy atom. The molecule has 42 heavy (non-hydrogen) atoms. The summed E-state index contributed by atoms with van der Waals surface area (Å²) in [7, 11) is -2.61. The van der Waals surface area contributed by atoms with Crippen LogP contribution >= 0.6 is 11.6 Å². The van der Waals surface area contributed by atoms with E-state index in [9.17, 15) is 22.4 Å². The zero-order valence-corrected chi connectivity index (χ0v) is 25.2. The molecule has 11 heteroatoms. The molecule has 1 aliphatic rings. The molecule has 8 nitrogen and oxygen atoms in total. The van der Waals surface area contributed by atoms with Gasteiger partial charge >= 0.3 is 0 Å². The molecule has 0 bridgehead atoms. The normalized spacial score (nSPS) is 14.3. The van der Waals surface area contributed by atoms with Gasteiger partial charge in [0.15, 0.2) is 0 Å². The number of rotatable bonds is 12. The number of amides is 2. The molecule has 4 rings (SSSR count). The van der Waals surface area contributed by atoms with Crippen molar-refractivity contribution in [1.82, 2.24) is 10.2 Å². The molecular weight excluding hydrogens is 581 g/mol. The predicted molar refractivity (Wildman–Crippen MR) is 161 cm³/mol. The molecule has 1 N–H and O–H groups in total. The van der Waals surface area contributed by atoms with Gasteiger partial charge in [-0.1, -0.05) is 66.9 Å². The first-order valence-corrected chi connectivity index (χ1v) is 16.0. The summed E-state index contributed by atoms with van der Waals surface area (Å²) in [4.78, 5) is 29.4. The van der Waals surface area contributed by atoms with Gasteiger partial charge in [0.05, 0.1) is 19.1 Å². The number of nitrogens with one attached hydrogen (secondary N) is 1. The van der Waals surface area contributed by atoms with E-state index in [-0.39, 0.29) is 41.4 Å². The minimum Gasteiger partial charge on any atom is -0.495 e. The lowest BCUT2D eigenvalue weighted by Gasteiger charge is -2.34. The number of nitrogens with zero attached hydrogens (tertiary/aromatic N) is 2. The van der Waals surface area contributed by atoms with Crippen molar-refractivity contribution in [2.24, 2.45) is 0 Å². The molecular formula is C31H35ClFN3O5S. The van der Waals surface area contributed by atoms with Crippen molar-refractivity contribution in [2.45, 2.75) is 50.7 Å². The number of methoxy groups -OCH3 is 1. The maximum Gasteiger partial charge on any atom is 0.244 e. The van der Waals surface area contributed by atoms with Gasteiger partial charge in [-0.3, -0.25) is 13.9 Å². The van der Waals surface area contributed by atoms with Crippen LogP contribution in [0.5, 0.6) is 5.75 Å². The van der Waals surface area contributed by atoms with E-state index in [1.165, 1.54) is 36.3 Å². The molecule has 1 saturated carbocycles. The quantitative estimate of drug-likeness (QED) is 0.311. The molecule has 0 heterocycles. The van der Waals surface area contributed by atoms with Crippen LogP contribution in [0.15, 0.2) is 72.8 Å². The Kier molecular flexibility index (Phi) is 10.5. The molecule has 0 aromatic heterocycles. The molecule has 0 unspecified atom stereocenters. The number of anilines is 1. The van der Waals surface area contributed by atoms with Crippen molar-refractivity contribution in [3.8, 4) is 5.75 Å². The molecule has 0 radical (unpaired) electrons. The lowest BCUT2D eigenvalue weighted by molar-refractivity contribution is -0.140. The fraction of sp³-hybridized carbons (Fsp3) is 0.355. The summed E-state index contributed by atoms with van der Waals surface area (Å²) in [5.41, 5.74) is 1.51. The summed E-state index contributed by atoms with van der Waals surface area (Å²) in [6.45, 7) is -0.655. The monoisotopic (exact) mass is 615 g/mol. The van der Waals surface area contributed by atoms with Gasteiger partial charge in [-0.2, -0.15) is 0 Å². The van der Waals surface area contributed by atoms with Gasteiger partial charge in [0.2, 0.25) is 21.8 Å². The zero-order valence-electron chi connectivity index (χ0n) is 23.6. The van der Waals surface area contributed by atoms with Crippen LogP contribution in [-0.2, 0) is 32.6 Å². The van der Waals surface area contributed by atoms with Crippen LogP contribution in [0.1, 0.15) is 36.8 Å². The number of sulfonamides is 1. The fourth-order valence-electron chi connectivity index (χ4n) is 5.16. The second-order valence-electron chi connectivity index (χ2n) is 10.4. The lowest BCUT2D eigenvalue weighted by Crippen LogP contribution is -2.54. The highest BCUT2D eigenvalue weighted by atomic mass is 35.5.